The van der Waals surface area contributed by atoms with E-state index in [0.717, 1.165) is 18.6 Å². The lowest BCUT2D eigenvalue weighted by Gasteiger charge is -2.24. The number of benzene rings is 1. The zero-order valence-electron chi connectivity index (χ0n) is 21.6. The molecule has 0 aliphatic carbocycles. The number of rotatable bonds is 8. The van der Waals surface area contributed by atoms with Gasteiger partial charge in [0.2, 0.25) is 17.8 Å². The van der Waals surface area contributed by atoms with Gasteiger partial charge in [-0.15, -0.1) is 0 Å². The number of hydrogen-bond donors (Lipinski definition) is 3. The quantitative estimate of drug-likeness (QED) is 0.464. The van der Waals surface area contributed by atoms with Crippen LogP contribution in [-0.4, -0.2) is 58.8 Å². The number of likely N-dealkylation sites (tertiary alicyclic amines) is 1. The number of amides is 2. The fraction of sp³-hybridized carbons (Fsp3) is 0.423. The van der Waals surface area contributed by atoms with Crippen molar-refractivity contribution in [1.82, 2.24) is 20.2 Å². The normalized spacial score (nSPS) is 20.0. The number of carbonyl (C=O) groups is 2. The Labute approximate surface area is 223 Å². The summed E-state index contributed by atoms with van der Waals surface area (Å²) >= 11 is 0. The summed E-state index contributed by atoms with van der Waals surface area (Å²) in [5.41, 5.74) is -0.379. The van der Waals surface area contributed by atoms with E-state index in [1.807, 2.05) is 0 Å². The second kappa shape index (κ2) is 12.1. The first-order valence-corrected chi connectivity index (χ1v) is 12.5. The van der Waals surface area contributed by atoms with Crippen molar-refractivity contribution in [2.24, 2.45) is 10.9 Å². The van der Waals surface area contributed by atoms with Crippen molar-refractivity contribution in [1.29, 1.82) is 0 Å². The fourth-order valence-electron chi connectivity index (χ4n) is 4.48. The number of halogens is 3. The second-order valence-electron chi connectivity index (χ2n) is 9.21. The van der Waals surface area contributed by atoms with Crippen LogP contribution in [0.4, 0.5) is 24.8 Å². The Morgan fingerprint density at radius 2 is 2.10 bits per heavy atom. The molecule has 13 heteroatoms. The molecular weight excluding hydrogens is 515 g/mol. The highest BCUT2D eigenvalue weighted by Crippen LogP contribution is 2.35. The smallest absolute Gasteiger partial charge is 0.416 e. The molecule has 4 rings (SSSR count). The highest BCUT2D eigenvalue weighted by Gasteiger charge is 2.33. The van der Waals surface area contributed by atoms with Crippen molar-refractivity contribution in [2.75, 3.05) is 30.8 Å². The van der Waals surface area contributed by atoms with E-state index in [1.54, 1.807) is 36.5 Å². The summed E-state index contributed by atoms with van der Waals surface area (Å²) in [5, 5.41) is 8.39. The van der Waals surface area contributed by atoms with E-state index in [0.29, 0.717) is 36.9 Å². The maximum atomic E-state index is 13.7. The van der Waals surface area contributed by atoms with Crippen LogP contribution in [0.25, 0.3) is 0 Å². The van der Waals surface area contributed by atoms with E-state index < -0.39 is 23.6 Å². The van der Waals surface area contributed by atoms with Gasteiger partial charge in [-0.2, -0.15) is 13.2 Å². The van der Waals surface area contributed by atoms with Gasteiger partial charge in [-0.25, -0.2) is 9.97 Å². The minimum atomic E-state index is -4.65. The van der Waals surface area contributed by atoms with Crippen LogP contribution in [0.2, 0.25) is 0 Å². The summed E-state index contributed by atoms with van der Waals surface area (Å²) in [7, 11) is 1.69. The Morgan fingerprint density at radius 3 is 2.85 bits per heavy atom. The number of nitrogens with one attached hydrogen (secondary N) is 3. The Morgan fingerprint density at radius 1 is 1.28 bits per heavy atom. The number of allylic oxidation sites excluding steroid dienone is 1. The minimum Gasteiger partial charge on any atom is -0.491 e. The van der Waals surface area contributed by atoms with Crippen LogP contribution in [0, 0.1) is 5.92 Å². The first-order valence-electron chi connectivity index (χ1n) is 12.5. The van der Waals surface area contributed by atoms with Crippen LogP contribution in [-0.2, 0) is 22.3 Å². The van der Waals surface area contributed by atoms with Crippen molar-refractivity contribution in [3.05, 3.63) is 54.0 Å². The number of carbonyl (C=O) groups excluding carboxylic acids is 2. The highest BCUT2D eigenvalue weighted by atomic mass is 19.4. The lowest BCUT2D eigenvalue weighted by molar-refractivity contribution is -0.137. The Bertz CT molecular complexity index is 1270. The topological polar surface area (TPSA) is 121 Å². The summed E-state index contributed by atoms with van der Waals surface area (Å²) in [4.78, 5) is 39.5. The molecule has 3 N–H and O–H groups in total. The lowest BCUT2D eigenvalue weighted by Crippen LogP contribution is -2.38. The summed E-state index contributed by atoms with van der Waals surface area (Å²) in [5.74, 6) is -0.616. The fourth-order valence-corrected chi connectivity index (χ4v) is 4.48. The Kier molecular flexibility index (Phi) is 8.67. The standard InChI is InChI=1S/C26H30F3N7O3/c1-16(37)36-10-4-5-20(36)15-39-21-12-17(26(27,28)29)11-19(13-21)34-24(38)22-6-3-8-31-23(22)33-14-18-7-9-32-25(30-2)35-18/h3,7-9,11-13,20,22H,4-6,10,14-15H2,1-2H3,(H,31,33)(H,34,38)(H,30,32,35)/t20-,22?/m1/s1. The number of aromatic nitrogens is 2. The van der Waals surface area contributed by atoms with Crippen LogP contribution in [0.15, 0.2) is 47.7 Å². The van der Waals surface area contributed by atoms with Gasteiger partial charge in [0, 0.05) is 38.5 Å². The average molecular weight is 546 g/mol. The molecule has 2 amide bonds. The molecule has 2 atom stereocenters. The van der Waals surface area contributed by atoms with Gasteiger partial charge in [-0.05, 0) is 43.7 Å². The number of ether oxygens (including phenoxy) is 1. The molecule has 1 fully saturated rings. The monoisotopic (exact) mass is 545 g/mol. The molecule has 1 aromatic carbocycles. The lowest BCUT2D eigenvalue weighted by atomic mass is 10.00. The van der Waals surface area contributed by atoms with Gasteiger partial charge < -0.3 is 25.6 Å². The van der Waals surface area contributed by atoms with Crippen molar-refractivity contribution < 1.29 is 27.5 Å². The van der Waals surface area contributed by atoms with Gasteiger partial charge in [0.25, 0.3) is 0 Å². The molecule has 2 aliphatic heterocycles. The van der Waals surface area contributed by atoms with Crippen LogP contribution in [0.1, 0.15) is 37.4 Å². The van der Waals surface area contributed by atoms with Gasteiger partial charge in [-0.3, -0.25) is 14.6 Å². The molecule has 1 unspecified atom stereocenters. The molecule has 0 radical (unpaired) electrons. The van der Waals surface area contributed by atoms with Crippen molar-refractivity contribution in [3.8, 4) is 5.75 Å². The molecule has 2 aromatic rings. The van der Waals surface area contributed by atoms with Gasteiger partial charge in [0.15, 0.2) is 0 Å². The van der Waals surface area contributed by atoms with Crippen LogP contribution in [0.5, 0.6) is 5.75 Å². The highest BCUT2D eigenvalue weighted by molar-refractivity contribution is 6.09. The van der Waals surface area contributed by atoms with E-state index >= 15 is 0 Å². The maximum Gasteiger partial charge on any atom is 0.416 e. The molecule has 0 bridgehead atoms. The number of amidine groups is 1. The van der Waals surface area contributed by atoms with E-state index in [2.05, 4.69) is 30.9 Å². The summed E-state index contributed by atoms with van der Waals surface area (Å²) in [6.45, 7) is 2.28. The second-order valence-corrected chi connectivity index (χ2v) is 9.21. The van der Waals surface area contributed by atoms with Crippen LogP contribution < -0.4 is 20.7 Å². The third-order valence-corrected chi connectivity index (χ3v) is 6.44. The molecule has 10 nitrogen and oxygen atoms in total. The summed E-state index contributed by atoms with van der Waals surface area (Å²) < 4.78 is 46.6. The molecule has 0 saturated carbocycles. The molecule has 1 aromatic heterocycles. The zero-order valence-corrected chi connectivity index (χ0v) is 21.6. The summed E-state index contributed by atoms with van der Waals surface area (Å²) in [6, 6.07) is 4.59. The number of nitrogens with zero attached hydrogens (tertiary/aromatic N) is 4. The van der Waals surface area contributed by atoms with Gasteiger partial charge in [-0.1, -0.05) is 6.08 Å². The summed E-state index contributed by atoms with van der Waals surface area (Å²) in [6.07, 6.45) is 2.17. The predicted octanol–water partition coefficient (Wildman–Crippen LogP) is 3.59. The van der Waals surface area contributed by atoms with Crippen molar-refractivity contribution >= 4 is 29.3 Å². The van der Waals surface area contributed by atoms with E-state index in [4.69, 9.17) is 4.74 Å². The van der Waals surface area contributed by atoms with Gasteiger partial charge in [0.05, 0.1) is 29.8 Å². The SMILES string of the molecule is CNc1nccc(CN=C2NC=CCC2C(=O)Nc2cc(OC[C@H]3CCCN3C(C)=O)cc(C(F)(F)F)c2)n1. The van der Waals surface area contributed by atoms with Crippen molar-refractivity contribution in [3.63, 3.8) is 0 Å². The first-order chi connectivity index (χ1) is 18.6. The zero-order chi connectivity index (χ0) is 28.0. The third kappa shape index (κ3) is 7.24. The minimum absolute atomic E-state index is 0.0461. The predicted molar refractivity (Wildman–Crippen MR) is 139 cm³/mol. The number of alkyl halides is 3. The largest absolute Gasteiger partial charge is 0.491 e. The number of aliphatic imine (C=N–C) groups is 1. The van der Waals surface area contributed by atoms with E-state index in [-0.39, 0.29) is 36.5 Å². The van der Waals surface area contributed by atoms with Gasteiger partial charge in [0.1, 0.15) is 18.2 Å². The molecule has 0 spiro atoms. The average Bonchev–Trinajstić information content (AvgIpc) is 3.39. The van der Waals surface area contributed by atoms with Crippen molar-refractivity contribution in [2.45, 2.75) is 44.9 Å². The Hall–Kier alpha value is -4.16. The molecular formula is C26H30F3N7O3. The third-order valence-electron chi connectivity index (χ3n) is 6.44. The number of hydrogen-bond acceptors (Lipinski definition) is 7. The molecule has 3 heterocycles. The molecule has 2 aliphatic rings. The van der Waals surface area contributed by atoms with Gasteiger partial charge >= 0.3 is 6.18 Å². The Balaban J connectivity index is 1.50. The molecule has 1 saturated heterocycles. The maximum absolute atomic E-state index is 13.7. The van der Waals surface area contributed by atoms with E-state index in [9.17, 15) is 22.8 Å². The first kappa shape index (κ1) is 27.9. The van der Waals surface area contributed by atoms with E-state index in [1.165, 1.54) is 13.0 Å². The number of anilines is 2. The molecule has 39 heavy (non-hydrogen) atoms. The van der Waals surface area contributed by atoms with Crippen LogP contribution in [0.3, 0.4) is 0 Å². The van der Waals surface area contributed by atoms with Crippen LogP contribution >= 0.6 is 0 Å². The molecule has 208 valence electrons.